The highest BCUT2D eigenvalue weighted by molar-refractivity contribution is 7.10. The Bertz CT molecular complexity index is 1270. The van der Waals surface area contributed by atoms with Gasteiger partial charge in [0.05, 0.1) is 43.0 Å². The summed E-state index contributed by atoms with van der Waals surface area (Å²) in [5, 5.41) is 13.5. The fraction of sp³-hybridized carbons (Fsp3) is 0.231. The Morgan fingerprint density at radius 2 is 1.80 bits per heavy atom. The van der Waals surface area contributed by atoms with Crippen LogP contribution in [-0.4, -0.2) is 49.1 Å². The second-order valence-electron chi connectivity index (χ2n) is 7.86. The average Bonchev–Trinajstić information content (AvgIpc) is 3.46. The van der Waals surface area contributed by atoms with Crippen LogP contribution in [0.4, 0.5) is 0 Å². The Morgan fingerprint density at radius 3 is 2.43 bits per heavy atom. The quantitative estimate of drug-likeness (QED) is 0.252. The zero-order valence-electron chi connectivity index (χ0n) is 19.4. The maximum atomic E-state index is 13.2. The number of aryl methyl sites for hydroxylation is 1. The monoisotopic (exact) mass is 513 g/mol. The van der Waals surface area contributed by atoms with Crippen molar-refractivity contribution in [3.8, 4) is 17.2 Å². The lowest BCUT2D eigenvalue weighted by Gasteiger charge is -2.24. The molecule has 2 heterocycles. The Kier molecular flexibility index (Phi) is 7.33. The molecule has 1 fully saturated rings. The second-order valence-corrected chi connectivity index (χ2v) is 9.25. The molecule has 1 unspecified atom stereocenters. The molecular weight excluding hydrogens is 490 g/mol. The van der Waals surface area contributed by atoms with Gasteiger partial charge in [-0.15, -0.1) is 11.3 Å². The standard InChI is InChI=1S/C26H24ClNO6S/c1-15-13-18(25(33-3)19(27)14-15)23(29)21-22(20-5-4-12-35-20)28(26(31)24(21)30)10-11-34-17-8-6-16(32-2)7-9-17/h4-9,12-14,22,29H,10-11H2,1-3H3/b23-21-. The van der Waals surface area contributed by atoms with Crippen molar-refractivity contribution in [1.29, 1.82) is 0 Å². The molecule has 0 saturated carbocycles. The van der Waals surface area contributed by atoms with Crippen LogP contribution < -0.4 is 14.2 Å². The first-order chi connectivity index (χ1) is 16.8. The third kappa shape index (κ3) is 4.85. The number of aliphatic hydroxyl groups excluding tert-OH is 1. The Balaban J connectivity index is 1.69. The van der Waals surface area contributed by atoms with Crippen molar-refractivity contribution in [2.75, 3.05) is 27.4 Å². The highest BCUT2D eigenvalue weighted by Gasteiger charge is 2.46. The molecule has 35 heavy (non-hydrogen) atoms. The minimum Gasteiger partial charge on any atom is -0.507 e. The minimum absolute atomic E-state index is 0.0122. The van der Waals surface area contributed by atoms with Crippen molar-refractivity contribution in [3.63, 3.8) is 0 Å². The number of hydrogen-bond acceptors (Lipinski definition) is 7. The minimum atomic E-state index is -0.773. The van der Waals surface area contributed by atoms with Crippen LogP contribution in [0.25, 0.3) is 5.76 Å². The van der Waals surface area contributed by atoms with Gasteiger partial charge in [0.25, 0.3) is 11.7 Å². The van der Waals surface area contributed by atoms with Crippen LogP contribution >= 0.6 is 22.9 Å². The molecule has 1 amide bonds. The predicted molar refractivity (Wildman–Crippen MR) is 135 cm³/mol. The number of ketones is 1. The van der Waals surface area contributed by atoms with E-state index in [1.165, 1.54) is 23.3 Å². The number of methoxy groups -OCH3 is 2. The smallest absolute Gasteiger partial charge is 0.295 e. The third-order valence-electron chi connectivity index (χ3n) is 5.66. The molecule has 4 rings (SSSR count). The number of benzene rings is 2. The van der Waals surface area contributed by atoms with Crippen molar-refractivity contribution < 1.29 is 28.9 Å². The van der Waals surface area contributed by atoms with Gasteiger partial charge in [-0.1, -0.05) is 17.7 Å². The molecular formula is C26H24ClNO6S. The Labute approximate surface area is 212 Å². The van der Waals surface area contributed by atoms with Crippen molar-refractivity contribution in [1.82, 2.24) is 4.90 Å². The van der Waals surface area contributed by atoms with E-state index < -0.39 is 17.7 Å². The lowest BCUT2D eigenvalue weighted by atomic mass is 9.98. The summed E-state index contributed by atoms with van der Waals surface area (Å²) in [4.78, 5) is 28.4. The van der Waals surface area contributed by atoms with Crippen molar-refractivity contribution in [2.45, 2.75) is 13.0 Å². The predicted octanol–water partition coefficient (Wildman–Crippen LogP) is 5.23. The molecule has 7 nitrogen and oxygen atoms in total. The second kappa shape index (κ2) is 10.4. The number of aliphatic hydroxyl groups is 1. The van der Waals surface area contributed by atoms with E-state index >= 15 is 0 Å². The summed E-state index contributed by atoms with van der Waals surface area (Å²) >= 11 is 7.71. The van der Waals surface area contributed by atoms with E-state index in [1.807, 2.05) is 24.4 Å². The number of ether oxygens (including phenoxy) is 3. The summed E-state index contributed by atoms with van der Waals surface area (Å²) in [6.07, 6.45) is 0. The maximum absolute atomic E-state index is 13.2. The van der Waals surface area contributed by atoms with E-state index in [9.17, 15) is 14.7 Å². The van der Waals surface area contributed by atoms with Crippen molar-refractivity contribution in [2.24, 2.45) is 0 Å². The number of Topliss-reactive ketones (excluding diaryl/α,β-unsaturated/α-hetero) is 1. The molecule has 0 spiro atoms. The number of thiophene rings is 1. The lowest BCUT2D eigenvalue weighted by Crippen LogP contribution is -2.33. The molecule has 0 aliphatic carbocycles. The average molecular weight is 514 g/mol. The SMILES string of the molecule is COc1ccc(OCCN2C(=O)C(=O)/C(=C(\O)c3cc(C)cc(Cl)c3OC)C2c2cccs2)cc1. The number of nitrogens with zero attached hydrogens (tertiary/aromatic N) is 1. The maximum Gasteiger partial charge on any atom is 0.295 e. The van der Waals surface area contributed by atoms with Crippen molar-refractivity contribution in [3.05, 3.63) is 80.5 Å². The molecule has 0 bridgehead atoms. The first-order valence-corrected chi connectivity index (χ1v) is 12.0. The van der Waals surface area contributed by atoms with Crippen LogP contribution in [0.2, 0.25) is 5.02 Å². The molecule has 1 aliphatic heterocycles. The zero-order chi connectivity index (χ0) is 25.1. The van der Waals surface area contributed by atoms with Gasteiger partial charge in [0.15, 0.2) is 0 Å². The van der Waals surface area contributed by atoms with Gasteiger partial charge >= 0.3 is 0 Å². The van der Waals surface area contributed by atoms with Crippen LogP contribution in [-0.2, 0) is 9.59 Å². The summed E-state index contributed by atoms with van der Waals surface area (Å²) in [5.74, 6) is -0.274. The van der Waals surface area contributed by atoms with Gasteiger partial charge in [0.2, 0.25) is 0 Å². The first-order valence-electron chi connectivity index (χ1n) is 10.8. The highest BCUT2D eigenvalue weighted by Crippen LogP contribution is 2.43. The van der Waals surface area contributed by atoms with E-state index in [0.717, 1.165) is 10.4 Å². The fourth-order valence-electron chi connectivity index (χ4n) is 4.04. The van der Waals surface area contributed by atoms with Crippen LogP contribution in [0.1, 0.15) is 22.0 Å². The fourth-order valence-corrected chi connectivity index (χ4v) is 5.24. The van der Waals surface area contributed by atoms with E-state index in [4.69, 9.17) is 25.8 Å². The summed E-state index contributed by atoms with van der Waals surface area (Å²) in [6, 6.07) is 13.3. The Hall–Kier alpha value is -3.49. The number of amides is 1. The molecule has 1 N–H and O–H groups in total. The molecule has 182 valence electrons. The van der Waals surface area contributed by atoms with Crippen LogP contribution in [0.15, 0.2) is 59.5 Å². The Morgan fingerprint density at radius 1 is 1.09 bits per heavy atom. The third-order valence-corrected chi connectivity index (χ3v) is 6.87. The zero-order valence-corrected chi connectivity index (χ0v) is 21.0. The van der Waals surface area contributed by atoms with E-state index in [0.29, 0.717) is 16.5 Å². The van der Waals surface area contributed by atoms with Crippen LogP contribution in [0.5, 0.6) is 17.2 Å². The van der Waals surface area contributed by atoms with Crippen molar-refractivity contribution >= 4 is 40.4 Å². The summed E-state index contributed by atoms with van der Waals surface area (Å²) in [6.45, 7) is 2.11. The molecule has 1 aliphatic rings. The number of rotatable bonds is 8. The molecule has 1 atom stereocenters. The largest absolute Gasteiger partial charge is 0.507 e. The molecule has 0 radical (unpaired) electrons. The number of halogens is 1. The number of likely N-dealkylation sites (tertiary alicyclic amines) is 1. The number of carbonyl (C=O) groups is 2. The highest BCUT2D eigenvalue weighted by atomic mass is 35.5. The van der Waals surface area contributed by atoms with E-state index in [1.54, 1.807) is 43.5 Å². The molecule has 1 aromatic heterocycles. The summed E-state index contributed by atoms with van der Waals surface area (Å²) < 4.78 is 16.3. The molecule has 2 aromatic carbocycles. The van der Waals surface area contributed by atoms with Gasteiger partial charge in [-0.05, 0) is 60.3 Å². The molecule has 3 aromatic rings. The molecule has 1 saturated heterocycles. The van der Waals surface area contributed by atoms with Gasteiger partial charge in [-0.25, -0.2) is 0 Å². The van der Waals surface area contributed by atoms with E-state index in [2.05, 4.69) is 0 Å². The first kappa shape index (κ1) is 24.6. The van der Waals surface area contributed by atoms with Crippen LogP contribution in [0.3, 0.4) is 0 Å². The topological polar surface area (TPSA) is 85.3 Å². The normalized spacial score (nSPS) is 17.0. The molecule has 9 heteroatoms. The van der Waals surface area contributed by atoms with Crippen LogP contribution in [0, 0.1) is 6.92 Å². The van der Waals surface area contributed by atoms with E-state index in [-0.39, 0.29) is 35.8 Å². The van der Waals surface area contributed by atoms with Gasteiger partial charge in [-0.3, -0.25) is 9.59 Å². The van der Waals surface area contributed by atoms with Gasteiger partial charge in [-0.2, -0.15) is 0 Å². The van der Waals surface area contributed by atoms with Gasteiger partial charge < -0.3 is 24.2 Å². The number of carbonyl (C=O) groups excluding carboxylic acids is 2. The van der Waals surface area contributed by atoms with Gasteiger partial charge in [0.1, 0.15) is 29.6 Å². The summed E-state index contributed by atoms with van der Waals surface area (Å²) in [5.41, 5.74) is 1.01. The summed E-state index contributed by atoms with van der Waals surface area (Å²) in [7, 11) is 3.01. The lowest BCUT2D eigenvalue weighted by molar-refractivity contribution is -0.140. The van der Waals surface area contributed by atoms with Gasteiger partial charge in [0, 0.05) is 4.88 Å². The number of hydrogen-bond donors (Lipinski definition) is 1.